The highest BCUT2D eigenvalue weighted by molar-refractivity contribution is 7.27. The van der Waals surface area contributed by atoms with E-state index in [4.69, 9.17) is 0 Å². The quantitative estimate of drug-likeness (QED) is 0.167. The van der Waals surface area contributed by atoms with Crippen LogP contribution in [0.4, 0.5) is 0 Å². The minimum absolute atomic E-state index is 0.447. The van der Waals surface area contributed by atoms with Crippen molar-refractivity contribution in [2.45, 2.75) is 0 Å². The van der Waals surface area contributed by atoms with E-state index in [9.17, 15) is 10.5 Å². The van der Waals surface area contributed by atoms with Gasteiger partial charge in [-0.05, 0) is 69.3 Å². The first-order chi connectivity index (χ1) is 33.2. The molecule has 3 nitrogen and oxygen atoms in total. The molecule has 3 aromatic heterocycles. The van der Waals surface area contributed by atoms with E-state index in [1.54, 1.807) is 22.7 Å². The molecule has 310 valence electrons. The summed E-state index contributed by atoms with van der Waals surface area (Å²) in [6.07, 6.45) is 0. The number of thiophene rings is 2. The summed E-state index contributed by atoms with van der Waals surface area (Å²) in [4.78, 5) is 0. The van der Waals surface area contributed by atoms with Crippen LogP contribution in [-0.4, -0.2) is 4.57 Å². The first kappa shape index (κ1) is 38.8. The molecule has 0 N–H and O–H groups in total. The van der Waals surface area contributed by atoms with Gasteiger partial charge in [-0.3, -0.25) is 0 Å². The Morgan fingerprint density at radius 2 is 0.701 bits per heavy atom. The Labute approximate surface area is 394 Å². The van der Waals surface area contributed by atoms with Crippen LogP contribution in [-0.2, 0) is 0 Å². The van der Waals surface area contributed by atoms with E-state index >= 15 is 0 Å². The van der Waals surface area contributed by atoms with Crippen LogP contribution in [0.15, 0.2) is 212 Å². The Balaban J connectivity index is 1.31. The number of benzene rings is 10. The lowest BCUT2D eigenvalue weighted by Gasteiger charge is -2.25. The van der Waals surface area contributed by atoms with Crippen LogP contribution in [0.3, 0.4) is 0 Å². The van der Waals surface area contributed by atoms with Crippen molar-refractivity contribution in [2.24, 2.45) is 0 Å². The molecule has 67 heavy (non-hydrogen) atoms. The standard InChI is InChI=1S/C62H35N3S2/c63-36-51-55(40-21-9-3-10-22-40)52(37-64)58(57(41-23-11-4-12-24-41)56(51)44-34-42(38-17-5-1-6-18-38)33-43(35-44)39-19-7-2-8-20-39)65-59-47(29-31-49-45-25-13-15-27-53(45)66-61(49)59)48-30-32-50-46-26-14-16-28-54(46)67-62(50)60(48)65/h1-35H. The maximum absolute atomic E-state index is 12.0. The van der Waals surface area contributed by atoms with Gasteiger partial charge >= 0.3 is 0 Å². The average Bonchev–Trinajstić information content (AvgIpc) is 4.08. The van der Waals surface area contributed by atoms with Crippen LogP contribution in [0.25, 0.3) is 123 Å². The zero-order valence-electron chi connectivity index (χ0n) is 35.9. The number of nitrogens with zero attached hydrogens (tertiary/aromatic N) is 3. The number of aromatic nitrogens is 1. The van der Waals surface area contributed by atoms with Gasteiger partial charge in [0.2, 0.25) is 0 Å². The van der Waals surface area contributed by atoms with Gasteiger partial charge in [0.15, 0.2) is 0 Å². The fraction of sp³-hybridized carbons (Fsp3) is 0. The number of hydrogen-bond donors (Lipinski definition) is 0. The lowest BCUT2D eigenvalue weighted by atomic mass is 9.80. The molecule has 0 aliphatic carbocycles. The summed E-state index contributed by atoms with van der Waals surface area (Å²) in [5, 5.41) is 30.8. The van der Waals surface area contributed by atoms with Crippen LogP contribution in [0, 0.1) is 22.7 Å². The predicted octanol–water partition coefficient (Wildman–Crippen LogP) is 17.6. The summed E-state index contributed by atoms with van der Waals surface area (Å²) in [6.45, 7) is 0. The third kappa shape index (κ3) is 6.00. The van der Waals surface area contributed by atoms with Crippen molar-refractivity contribution in [1.82, 2.24) is 4.57 Å². The van der Waals surface area contributed by atoms with E-state index in [0.29, 0.717) is 16.7 Å². The second kappa shape index (κ2) is 15.5. The Hall–Kier alpha value is -8.58. The number of hydrogen-bond acceptors (Lipinski definition) is 4. The van der Waals surface area contributed by atoms with Crippen LogP contribution < -0.4 is 0 Å². The molecule has 0 spiro atoms. The van der Waals surface area contributed by atoms with Crippen molar-refractivity contribution in [2.75, 3.05) is 0 Å². The molecule has 0 atom stereocenters. The molecular formula is C62H35N3S2. The lowest BCUT2D eigenvalue weighted by Crippen LogP contribution is -2.08. The molecule has 5 heteroatoms. The van der Waals surface area contributed by atoms with Crippen molar-refractivity contribution in [1.29, 1.82) is 10.5 Å². The predicted molar refractivity (Wildman–Crippen MR) is 283 cm³/mol. The minimum Gasteiger partial charge on any atom is -0.304 e. The number of rotatable bonds is 6. The molecule has 0 aliphatic rings. The minimum atomic E-state index is 0.447. The van der Waals surface area contributed by atoms with Crippen LogP contribution in [0.1, 0.15) is 11.1 Å². The van der Waals surface area contributed by atoms with Crippen molar-refractivity contribution in [3.05, 3.63) is 223 Å². The van der Waals surface area contributed by atoms with Crippen molar-refractivity contribution < 1.29 is 0 Å². The summed E-state index contributed by atoms with van der Waals surface area (Å²) >= 11 is 3.59. The molecule has 0 bridgehead atoms. The fourth-order valence-corrected chi connectivity index (χ4v) is 12.9. The Kier molecular flexibility index (Phi) is 9.01. The van der Waals surface area contributed by atoms with E-state index in [1.807, 2.05) is 48.5 Å². The second-order valence-corrected chi connectivity index (χ2v) is 19.0. The maximum atomic E-state index is 12.0. The first-order valence-corrected chi connectivity index (χ1v) is 23.9. The molecule has 13 rings (SSSR count). The summed E-state index contributed by atoms with van der Waals surface area (Å²) < 4.78 is 7.13. The van der Waals surface area contributed by atoms with Gasteiger partial charge < -0.3 is 4.57 Å². The van der Waals surface area contributed by atoms with Gasteiger partial charge in [-0.15, -0.1) is 22.7 Å². The highest BCUT2D eigenvalue weighted by Gasteiger charge is 2.32. The molecule has 0 amide bonds. The molecular weight excluding hydrogens is 851 g/mol. The zero-order chi connectivity index (χ0) is 44.6. The van der Waals surface area contributed by atoms with Crippen LogP contribution in [0.2, 0.25) is 0 Å². The molecule has 0 unspecified atom stereocenters. The van der Waals surface area contributed by atoms with E-state index in [1.165, 1.54) is 30.9 Å². The van der Waals surface area contributed by atoms with Gasteiger partial charge in [0.1, 0.15) is 12.1 Å². The zero-order valence-corrected chi connectivity index (χ0v) is 37.5. The van der Waals surface area contributed by atoms with Crippen LogP contribution >= 0.6 is 22.7 Å². The molecule has 0 saturated carbocycles. The normalized spacial score (nSPS) is 11.6. The second-order valence-electron chi connectivity index (χ2n) is 16.9. The van der Waals surface area contributed by atoms with Gasteiger partial charge in [0.05, 0.1) is 37.2 Å². The smallest absolute Gasteiger partial charge is 0.102 e. The molecule has 10 aromatic carbocycles. The summed E-state index contributed by atoms with van der Waals surface area (Å²) in [6, 6.07) is 80.0. The summed E-state index contributed by atoms with van der Waals surface area (Å²) in [5.41, 5.74) is 12.8. The fourth-order valence-electron chi connectivity index (χ4n) is 10.4. The van der Waals surface area contributed by atoms with E-state index in [-0.39, 0.29) is 0 Å². The number of nitriles is 2. The molecule has 0 aliphatic heterocycles. The average molecular weight is 886 g/mol. The maximum Gasteiger partial charge on any atom is 0.102 e. The lowest BCUT2D eigenvalue weighted by molar-refractivity contribution is 1.18. The Morgan fingerprint density at radius 3 is 1.16 bits per heavy atom. The molecule has 0 radical (unpaired) electrons. The van der Waals surface area contributed by atoms with Crippen molar-refractivity contribution in [3.63, 3.8) is 0 Å². The van der Waals surface area contributed by atoms with Gasteiger partial charge in [-0.2, -0.15) is 10.5 Å². The Morgan fingerprint density at radius 1 is 0.313 bits per heavy atom. The van der Waals surface area contributed by atoms with E-state index in [2.05, 4.69) is 180 Å². The monoisotopic (exact) mass is 885 g/mol. The largest absolute Gasteiger partial charge is 0.304 e. The highest BCUT2D eigenvalue weighted by Crippen LogP contribution is 2.53. The topological polar surface area (TPSA) is 52.5 Å². The first-order valence-electron chi connectivity index (χ1n) is 22.3. The summed E-state index contributed by atoms with van der Waals surface area (Å²) in [5.74, 6) is 0. The van der Waals surface area contributed by atoms with E-state index in [0.717, 1.165) is 87.0 Å². The molecule has 0 saturated heterocycles. The SMILES string of the molecule is N#Cc1c(-c2ccccc2)c(C#N)c(-n2c3c(ccc4c5ccccc5sc43)c3ccc4c5ccccc5sc4c32)c(-c2ccccc2)c1-c1cc(-c2ccccc2)cc(-c2ccccc2)c1. The van der Waals surface area contributed by atoms with Crippen molar-refractivity contribution in [3.8, 4) is 73.5 Å². The van der Waals surface area contributed by atoms with Gasteiger partial charge in [-0.25, -0.2) is 0 Å². The van der Waals surface area contributed by atoms with Gasteiger partial charge in [0, 0.05) is 58.4 Å². The van der Waals surface area contributed by atoms with E-state index < -0.39 is 0 Å². The Bertz CT molecular complexity index is 4020. The summed E-state index contributed by atoms with van der Waals surface area (Å²) in [7, 11) is 0. The highest BCUT2D eigenvalue weighted by atomic mass is 32.1. The van der Waals surface area contributed by atoms with Gasteiger partial charge in [-0.1, -0.05) is 182 Å². The van der Waals surface area contributed by atoms with Crippen molar-refractivity contribution >= 4 is 84.8 Å². The third-order valence-corrected chi connectivity index (χ3v) is 15.6. The molecule has 3 heterocycles. The molecule has 13 aromatic rings. The third-order valence-electron chi connectivity index (χ3n) is 13.3. The molecule has 0 fully saturated rings. The van der Waals surface area contributed by atoms with Gasteiger partial charge in [0.25, 0.3) is 0 Å². The van der Waals surface area contributed by atoms with Crippen LogP contribution in [0.5, 0.6) is 0 Å². The number of fused-ring (bicyclic) bond motifs is 11.